The molecular formula is C17H28N4. The fourth-order valence-corrected chi connectivity index (χ4v) is 2.27. The summed E-state index contributed by atoms with van der Waals surface area (Å²) in [5.41, 5.74) is 2.96. The predicted octanol–water partition coefficient (Wildman–Crippen LogP) is 2.45. The number of nitrogens with one attached hydrogen (secondary N) is 1. The number of nitrogens with zero attached hydrogens (tertiary/aromatic N) is 3. The Kier molecular flexibility index (Phi) is 7.81. The summed E-state index contributed by atoms with van der Waals surface area (Å²) in [7, 11) is 6.22. The van der Waals surface area contributed by atoms with Gasteiger partial charge in [-0.2, -0.15) is 5.26 Å². The summed E-state index contributed by atoms with van der Waals surface area (Å²) in [5.74, 6) is 0. The number of benzene rings is 1. The van der Waals surface area contributed by atoms with Crippen LogP contribution >= 0.6 is 0 Å². The largest absolute Gasteiger partial charge is 0.373 e. The lowest BCUT2D eigenvalue weighted by Gasteiger charge is -2.22. The second kappa shape index (κ2) is 9.38. The SMILES string of the molecule is CCCNCc1ccc(N(C)CCCN(C)C)c(C#N)c1. The van der Waals surface area contributed by atoms with Crippen molar-refractivity contribution >= 4 is 5.69 Å². The lowest BCUT2D eigenvalue weighted by molar-refractivity contribution is 0.401. The molecule has 21 heavy (non-hydrogen) atoms. The van der Waals surface area contributed by atoms with Gasteiger partial charge in [-0.05, 0) is 57.7 Å². The molecule has 0 amide bonds. The zero-order valence-electron chi connectivity index (χ0n) is 13.8. The maximum atomic E-state index is 9.37. The number of anilines is 1. The van der Waals surface area contributed by atoms with Crippen LogP contribution in [0.3, 0.4) is 0 Å². The van der Waals surface area contributed by atoms with Crippen molar-refractivity contribution in [3.05, 3.63) is 29.3 Å². The predicted molar refractivity (Wildman–Crippen MR) is 89.6 cm³/mol. The van der Waals surface area contributed by atoms with E-state index in [2.05, 4.69) is 61.4 Å². The molecule has 0 heterocycles. The number of hydrogen-bond donors (Lipinski definition) is 1. The number of rotatable bonds is 9. The van der Waals surface area contributed by atoms with E-state index >= 15 is 0 Å². The molecule has 4 heteroatoms. The average Bonchev–Trinajstić information content (AvgIpc) is 2.46. The quantitative estimate of drug-likeness (QED) is 0.709. The Bertz CT molecular complexity index is 462. The highest BCUT2D eigenvalue weighted by Gasteiger charge is 2.08. The van der Waals surface area contributed by atoms with Crippen LogP contribution in [0.25, 0.3) is 0 Å². The van der Waals surface area contributed by atoms with Gasteiger partial charge in [-0.1, -0.05) is 13.0 Å². The van der Waals surface area contributed by atoms with Crippen molar-refractivity contribution in [3.8, 4) is 6.07 Å². The first-order valence-corrected chi connectivity index (χ1v) is 7.68. The van der Waals surface area contributed by atoms with Crippen molar-refractivity contribution in [1.29, 1.82) is 5.26 Å². The van der Waals surface area contributed by atoms with E-state index in [4.69, 9.17) is 0 Å². The highest BCUT2D eigenvalue weighted by Crippen LogP contribution is 2.20. The molecule has 0 saturated carbocycles. The maximum absolute atomic E-state index is 9.37. The standard InChI is InChI=1S/C17H28N4/c1-5-9-19-14-15-7-8-17(16(12-15)13-18)21(4)11-6-10-20(2)3/h7-8,12,19H,5-6,9-11,14H2,1-4H3. The topological polar surface area (TPSA) is 42.3 Å². The lowest BCUT2D eigenvalue weighted by Crippen LogP contribution is -2.24. The van der Waals surface area contributed by atoms with Gasteiger partial charge in [0.2, 0.25) is 0 Å². The molecule has 4 nitrogen and oxygen atoms in total. The number of hydrogen-bond acceptors (Lipinski definition) is 4. The van der Waals surface area contributed by atoms with Crippen LogP contribution in [0, 0.1) is 11.3 Å². The Morgan fingerprint density at radius 1 is 1.19 bits per heavy atom. The third kappa shape index (κ3) is 6.16. The van der Waals surface area contributed by atoms with Gasteiger partial charge in [0, 0.05) is 20.1 Å². The molecule has 116 valence electrons. The second-order valence-electron chi connectivity index (χ2n) is 5.72. The van der Waals surface area contributed by atoms with Crippen molar-refractivity contribution < 1.29 is 0 Å². The van der Waals surface area contributed by atoms with E-state index in [1.165, 1.54) is 5.56 Å². The van der Waals surface area contributed by atoms with E-state index in [1.807, 2.05) is 6.07 Å². The summed E-state index contributed by atoms with van der Waals surface area (Å²) in [4.78, 5) is 4.35. The highest BCUT2D eigenvalue weighted by atomic mass is 15.1. The summed E-state index contributed by atoms with van der Waals surface area (Å²) >= 11 is 0. The van der Waals surface area contributed by atoms with Gasteiger partial charge in [0.25, 0.3) is 0 Å². The first-order chi connectivity index (χ1) is 10.1. The van der Waals surface area contributed by atoms with E-state index in [1.54, 1.807) is 0 Å². The zero-order valence-corrected chi connectivity index (χ0v) is 13.8. The molecule has 0 unspecified atom stereocenters. The molecule has 0 saturated heterocycles. The summed E-state index contributed by atoms with van der Waals surface area (Å²) in [5, 5.41) is 12.7. The molecule has 0 aliphatic heterocycles. The monoisotopic (exact) mass is 288 g/mol. The Balaban J connectivity index is 2.67. The second-order valence-corrected chi connectivity index (χ2v) is 5.72. The average molecular weight is 288 g/mol. The van der Waals surface area contributed by atoms with Crippen molar-refractivity contribution in [2.75, 3.05) is 45.7 Å². The van der Waals surface area contributed by atoms with Crippen molar-refractivity contribution in [3.63, 3.8) is 0 Å². The van der Waals surface area contributed by atoms with Crippen LogP contribution in [0.1, 0.15) is 30.9 Å². The van der Waals surface area contributed by atoms with Gasteiger partial charge >= 0.3 is 0 Å². The van der Waals surface area contributed by atoms with Crippen LogP contribution in [0.15, 0.2) is 18.2 Å². The fraction of sp³-hybridized carbons (Fsp3) is 0.588. The first-order valence-electron chi connectivity index (χ1n) is 7.68. The summed E-state index contributed by atoms with van der Waals surface area (Å²) in [6.45, 7) is 6.01. The number of nitriles is 1. The van der Waals surface area contributed by atoms with Crippen LogP contribution in [-0.4, -0.2) is 45.7 Å². The van der Waals surface area contributed by atoms with Crippen LogP contribution in [0.2, 0.25) is 0 Å². The van der Waals surface area contributed by atoms with Gasteiger partial charge in [0.1, 0.15) is 6.07 Å². The van der Waals surface area contributed by atoms with Crippen LogP contribution in [0.5, 0.6) is 0 Å². The van der Waals surface area contributed by atoms with Crippen LogP contribution in [-0.2, 0) is 6.54 Å². The van der Waals surface area contributed by atoms with Gasteiger partial charge in [0.15, 0.2) is 0 Å². The first kappa shape index (κ1) is 17.5. The summed E-state index contributed by atoms with van der Waals surface area (Å²) in [6, 6.07) is 8.51. The van der Waals surface area contributed by atoms with Gasteiger partial charge in [-0.15, -0.1) is 0 Å². The maximum Gasteiger partial charge on any atom is 0.101 e. The Morgan fingerprint density at radius 3 is 2.57 bits per heavy atom. The van der Waals surface area contributed by atoms with Crippen molar-refractivity contribution in [1.82, 2.24) is 10.2 Å². The van der Waals surface area contributed by atoms with E-state index in [9.17, 15) is 5.26 Å². The minimum absolute atomic E-state index is 0.762. The van der Waals surface area contributed by atoms with Gasteiger partial charge in [-0.25, -0.2) is 0 Å². The molecule has 0 aliphatic rings. The highest BCUT2D eigenvalue weighted by molar-refractivity contribution is 5.60. The zero-order chi connectivity index (χ0) is 15.7. The van der Waals surface area contributed by atoms with Gasteiger partial charge < -0.3 is 15.1 Å². The molecule has 1 rings (SSSR count). The molecule has 0 aromatic heterocycles. The molecule has 0 aliphatic carbocycles. The molecule has 1 N–H and O–H groups in total. The Morgan fingerprint density at radius 2 is 1.95 bits per heavy atom. The van der Waals surface area contributed by atoms with E-state index in [0.717, 1.165) is 50.3 Å². The fourth-order valence-electron chi connectivity index (χ4n) is 2.27. The molecule has 0 spiro atoms. The summed E-state index contributed by atoms with van der Waals surface area (Å²) in [6.07, 6.45) is 2.21. The van der Waals surface area contributed by atoms with Crippen LogP contribution < -0.4 is 10.2 Å². The normalized spacial score (nSPS) is 10.7. The molecule has 0 radical (unpaired) electrons. The van der Waals surface area contributed by atoms with E-state index in [-0.39, 0.29) is 0 Å². The Labute approximate surface area is 129 Å². The third-order valence-electron chi connectivity index (χ3n) is 3.45. The minimum Gasteiger partial charge on any atom is -0.373 e. The van der Waals surface area contributed by atoms with Crippen LogP contribution in [0.4, 0.5) is 5.69 Å². The minimum atomic E-state index is 0.762. The molecular weight excluding hydrogens is 260 g/mol. The van der Waals surface area contributed by atoms with Gasteiger partial charge in [0.05, 0.1) is 11.3 Å². The van der Waals surface area contributed by atoms with Crippen molar-refractivity contribution in [2.45, 2.75) is 26.3 Å². The Hall–Kier alpha value is -1.57. The molecule has 0 atom stereocenters. The molecule has 0 fully saturated rings. The molecule has 1 aromatic rings. The van der Waals surface area contributed by atoms with Gasteiger partial charge in [-0.3, -0.25) is 0 Å². The smallest absolute Gasteiger partial charge is 0.101 e. The van der Waals surface area contributed by atoms with E-state index in [0.29, 0.717) is 0 Å². The summed E-state index contributed by atoms with van der Waals surface area (Å²) < 4.78 is 0. The molecule has 0 bridgehead atoms. The van der Waals surface area contributed by atoms with Crippen molar-refractivity contribution in [2.24, 2.45) is 0 Å². The third-order valence-corrected chi connectivity index (χ3v) is 3.45. The molecule has 1 aromatic carbocycles. The van der Waals surface area contributed by atoms with E-state index < -0.39 is 0 Å². The lowest BCUT2D eigenvalue weighted by atomic mass is 10.1.